The fraction of sp³-hybridized carbons (Fsp3) is 1.00. The van der Waals surface area contributed by atoms with Crippen molar-refractivity contribution < 1.29 is 4.39 Å². The third kappa shape index (κ3) is 0.996. The van der Waals surface area contributed by atoms with Gasteiger partial charge in [-0.2, -0.15) is 0 Å². The molecule has 1 N–H and O–H groups in total. The highest BCUT2D eigenvalue weighted by Gasteiger charge is 2.21. The van der Waals surface area contributed by atoms with Gasteiger partial charge in [0.05, 0.1) is 6.67 Å². The topological polar surface area (TPSA) is 12.0 Å². The molecule has 8 heavy (non-hydrogen) atoms. The summed E-state index contributed by atoms with van der Waals surface area (Å²) in [6.45, 7) is 3.80. The number of hydrogen-bond acceptors (Lipinski definition) is 1. The number of hydrogen-bond donors (Lipinski definition) is 1. The van der Waals surface area contributed by atoms with Crippen LogP contribution in [0.3, 0.4) is 0 Å². The molecule has 0 bridgehead atoms. The first-order chi connectivity index (χ1) is 3.84. The van der Waals surface area contributed by atoms with E-state index in [1.165, 1.54) is 0 Å². The Hall–Kier alpha value is -0.110. The van der Waals surface area contributed by atoms with E-state index in [0.29, 0.717) is 5.92 Å². The second-order valence-corrected chi connectivity index (χ2v) is 2.55. The number of halogens is 1. The Morgan fingerprint density at radius 3 is 2.62 bits per heavy atom. The summed E-state index contributed by atoms with van der Waals surface area (Å²) in [6.07, 6.45) is 0. The minimum Gasteiger partial charge on any atom is -0.316 e. The zero-order chi connectivity index (χ0) is 5.98. The van der Waals surface area contributed by atoms with Gasteiger partial charge in [-0.1, -0.05) is 6.92 Å². The quantitative estimate of drug-likeness (QED) is 0.536. The summed E-state index contributed by atoms with van der Waals surface area (Å²) < 4.78 is 11.9. The molecule has 0 aromatic carbocycles. The van der Waals surface area contributed by atoms with E-state index in [-0.39, 0.29) is 12.6 Å². The second-order valence-electron chi connectivity index (χ2n) is 2.55. The lowest BCUT2D eigenvalue weighted by molar-refractivity contribution is 0.329. The van der Waals surface area contributed by atoms with Crippen LogP contribution in [0, 0.1) is 11.8 Å². The summed E-state index contributed by atoms with van der Waals surface area (Å²) in [5.74, 6) is 0.829. The van der Waals surface area contributed by atoms with Crippen LogP contribution < -0.4 is 5.32 Å². The smallest absolute Gasteiger partial charge is 0.0937 e. The van der Waals surface area contributed by atoms with Gasteiger partial charge in [0.25, 0.3) is 0 Å². The van der Waals surface area contributed by atoms with Crippen molar-refractivity contribution in [3.05, 3.63) is 0 Å². The SMILES string of the molecule is C[C@@H]1CNC[C@H]1CF. The number of nitrogens with one attached hydrogen (secondary N) is 1. The van der Waals surface area contributed by atoms with Gasteiger partial charge in [0.1, 0.15) is 0 Å². The lowest BCUT2D eigenvalue weighted by Gasteiger charge is -2.06. The van der Waals surface area contributed by atoms with Crippen molar-refractivity contribution in [2.24, 2.45) is 11.8 Å². The molecular formula is C6H12FN. The molecule has 0 saturated carbocycles. The van der Waals surface area contributed by atoms with Crippen LogP contribution in [0.1, 0.15) is 6.92 Å². The minimum atomic E-state index is -0.159. The molecule has 1 fully saturated rings. The summed E-state index contributed by atoms with van der Waals surface area (Å²) >= 11 is 0. The molecule has 1 heterocycles. The Balaban J connectivity index is 2.30. The Bertz CT molecular complexity index is 74.9. The molecule has 0 amide bonds. The predicted octanol–water partition coefficient (Wildman–Crippen LogP) is 0.811. The number of rotatable bonds is 1. The largest absolute Gasteiger partial charge is 0.316 e. The van der Waals surface area contributed by atoms with Crippen LogP contribution in [0.4, 0.5) is 4.39 Å². The van der Waals surface area contributed by atoms with Gasteiger partial charge in [-0.25, -0.2) is 0 Å². The van der Waals surface area contributed by atoms with Crippen LogP contribution in [0.15, 0.2) is 0 Å². The van der Waals surface area contributed by atoms with E-state index in [4.69, 9.17) is 0 Å². The molecule has 1 aliphatic rings. The Morgan fingerprint density at radius 1 is 1.62 bits per heavy atom. The molecule has 48 valence electrons. The van der Waals surface area contributed by atoms with Gasteiger partial charge in [0.15, 0.2) is 0 Å². The highest BCUT2D eigenvalue weighted by Crippen LogP contribution is 2.15. The molecule has 1 saturated heterocycles. The summed E-state index contributed by atoms with van der Waals surface area (Å²) in [5.41, 5.74) is 0. The average molecular weight is 117 g/mol. The Morgan fingerprint density at radius 2 is 2.38 bits per heavy atom. The van der Waals surface area contributed by atoms with Crippen molar-refractivity contribution in [1.29, 1.82) is 0 Å². The summed E-state index contributed by atoms with van der Waals surface area (Å²) in [5, 5.41) is 3.13. The van der Waals surface area contributed by atoms with E-state index in [2.05, 4.69) is 12.2 Å². The zero-order valence-electron chi connectivity index (χ0n) is 5.15. The molecular weight excluding hydrogens is 105 g/mol. The van der Waals surface area contributed by atoms with Gasteiger partial charge in [-0.3, -0.25) is 4.39 Å². The molecule has 1 nitrogen and oxygen atoms in total. The van der Waals surface area contributed by atoms with Crippen molar-refractivity contribution in [2.45, 2.75) is 6.92 Å². The predicted molar refractivity (Wildman–Crippen MR) is 31.5 cm³/mol. The lowest BCUT2D eigenvalue weighted by Crippen LogP contribution is -2.11. The van der Waals surface area contributed by atoms with Gasteiger partial charge < -0.3 is 5.32 Å². The molecule has 0 spiro atoms. The molecule has 0 aliphatic carbocycles. The Labute approximate surface area is 49.3 Å². The maximum atomic E-state index is 11.9. The molecule has 0 radical (unpaired) electrons. The van der Waals surface area contributed by atoms with E-state index in [0.717, 1.165) is 13.1 Å². The van der Waals surface area contributed by atoms with E-state index in [9.17, 15) is 4.39 Å². The maximum Gasteiger partial charge on any atom is 0.0937 e. The van der Waals surface area contributed by atoms with Crippen molar-refractivity contribution in [3.8, 4) is 0 Å². The third-order valence-corrected chi connectivity index (χ3v) is 1.88. The summed E-state index contributed by atoms with van der Waals surface area (Å²) in [7, 11) is 0. The molecule has 0 aromatic heterocycles. The van der Waals surface area contributed by atoms with Crippen LogP contribution in [-0.4, -0.2) is 19.8 Å². The van der Waals surface area contributed by atoms with Crippen molar-refractivity contribution in [2.75, 3.05) is 19.8 Å². The van der Waals surface area contributed by atoms with Gasteiger partial charge in [-0.15, -0.1) is 0 Å². The van der Waals surface area contributed by atoms with Crippen LogP contribution in [-0.2, 0) is 0 Å². The first-order valence-electron chi connectivity index (χ1n) is 3.11. The van der Waals surface area contributed by atoms with Crippen LogP contribution in [0.25, 0.3) is 0 Å². The first-order valence-corrected chi connectivity index (χ1v) is 3.11. The van der Waals surface area contributed by atoms with E-state index in [1.54, 1.807) is 0 Å². The fourth-order valence-corrected chi connectivity index (χ4v) is 1.07. The van der Waals surface area contributed by atoms with Gasteiger partial charge in [0.2, 0.25) is 0 Å². The molecule has 2 atom stereocenters. The van der Waals surface area contributed by atoms with Crippen LogP contribution in [0.2, 0.25) is 0 Å². The molecule has 1 aliphatic heterocycles. The highest BCUT2D eigenvalue weighted by molar-refractivity contribution is 4.76. The minimum absolute atomic E-state index is 0.159. The lowest BCUT2D eigenvalue weighted by atomic mass is 10.0. The number of alkyl halides is 1. The van der Waals surface area contributed by atoms with Crippen molar-refractivity contribution in [1.82, 2.24) is 5.32 Å². The second kappa shape index (κ2) is 2.44. The van der Waals surface area contributed by atoms with E-state index < -0.39 is 0 Å². The zero-order valence-corrected chi connectivity index (χ0v) is 5.15. The van der Waals surface area contributed by atoms with Crippen LogP contribution >= 0.6 is 0 Å². The van der Waals surface area contributed by atoms with E-state index >= 15 is 0 Å². The van der Waals surface area contributed by atoms with Gasteiger partial charge in [0, 0.05) is 12.5 Å². The monoisotopic (exact) mass is 117 g/mol. The maximum absolute atomic E-state index is 11.9. The molecule has 2 heteroatoms. The highest BCUT2D eigenvalue weighted by atomic mass is 19.1. The van der Waals surface area contributed by atoms with Crippen molar-refractivity contribution >= 4 is 0 Å². The summed E-state index contributed by atoms with van der Waals surface area (Å²) in [6, 6.07) is 0. The summed E-state index contributed by atoms with van der Waals surface area (Å²) in [4.78, 5) is 0. The van der Waals surface area contributed by atoms with Crippen LogP contribution in [0.5, 0.6) is 0 Å². The average Bonchev–Trinajstić information content (AvgIpc) is 2.14. The fourth-order valence-electron chi connectivity index (χ4n) is 1.07. The molecule has 0 unspecified atom stereocenters. The van der Waals surface area contributed by atoms with Gasteiger partial charge in [-0.05, 0) is 12.5 Å². The Kier molecular flexibility index (Phi) is 1.84. The normalized spacial score (nSPS) is 38.2. The molecule has 0 aromatic rings. The van der Waals surface area contributed by atoms with Gasteiger partial charge >= 0.3 is 0 Å². The standard InChI is InChI=1S/C6H12FN/c1-5-3-8-4-6(5)2-7/h5-6,8H,2-4H2,1H3/t5-,6-/m1/s1. The van der Waals surface area contributed by atoms with E-state index in [1.807, 2.05) is 0 Å². The molecule has 1 rings (SSSR count). The van der Waals surface area contributed by atoms with Crippen molar-refractivity contribution in [3.63, 3.8) is 0 Å². The third-order valence-electron chi connectivity index (χ3n) is 1.88. The first kappa shape index (κ1) is 6.02.